The van der Waals surface area contributed by atoms with Crippen LogP contribution in [0.3, 0.4) is 0 Å². The summed E-state index contributed by atoms with van der Waals surface area (Å²) in [6, 6.07) is 17.1. The first-order chi connectivity index (χ1) is 13.7. The van der Waals surface area contributed by atoms with Crippen molar-refractivity contribution in [1.29, 1.82) is 0 Å². The molecule has 0 saturated heterocycles. The molecule has 4 nitrogen and oxygen atoms in total. The van der Waals surface area contributed by atoms with E-state index in [1.807, 2.05) is 42.5 Å². The second-order valence-corrected chi connectivity index (χ2v) is 6.22. The molecule has 140 valence electrons. The van der Waals surface area contributed by atoms with Crippen molar-refractivity contribution in [3.63, 3.8) is 0 Å². The van der Waals surface area contributed by atoms with Crippen molar-refractivity contribution < 1.29 is 13.5 Å². The largest absolute Gasteiger partial charge is 0.487 e. The second kappa shape index (κ2) is 8.00. The lowest BCUT2D eigenvalue weighted by atomic mass is 10.1. The number of rotatable bonds is 6. The summed E-state index contributed by atoms with van der Waals surface area (Å²) in [5, 5.41) is 3.30. The number of ether oxygens (including phenoxy) is 1. The number of halogens is 2. The van der Waals surface area contributed by atoms with Gasteiger partial charge in [0.15, 0.2) is 0 Å². The number of pyridine rings is 2. The number of anilines is 1. The molecule has 2 heterocycles. The van der Waals surface area contributed by atoms with Gasteiger partial charge in [0.05, 0.1) is 11.1 Å². The summed E-state index contributed by atoms with van der Waals surface area (Å²) < 4.78 is 33.9. The molecule has 0 radical (unpaired) electrons. The fraction of sp³-hybridized carbons (Fsp3) is 0.0909. The summed E-state index contributed by atoms with van der Waals surface area (Å²) in [4.78, 5) is 8.17. The molecule has 0 unspecified atom stereocenters. The molecule has 0 aliphatic carbocycles. The van der Waals surface area contributed by atoms with Crippen LogP contribution in [-0.4, -0.2) is 9.97 Å². The molecule has 0 saturated carbocycles. The predicted molar refractivity (Wildman–Crippen MR) is 104 cm³/mol. The van der Waals surface area contributed by atoms with Gasteiger partial charge in [-0.15, -0.1) is 0 Å². The first kappa shape index (κ1) is 17.9. The van der Waals surface area contributed by atoms with Crippen molar-refractivity contribution in [1.82, 2.24) is 9.97 Å². The second-order valence-electron chi connectivity index (χ2n) is 6.22. The normalized spacial score (nSPS) is 10.8. The first-order valence-electron chi connectivity index (χ1n) is 8.79. The molecule has 0 amide bonds. The Morgan fingerprint density at radius 2 is 1.75 bits per heavy atom. The molecule has 0 fully saturated rings. The highest BCUT2D eigenvalue weighted by Gasteiger charge is 2.11. The summed E-state index contributed by atoms with van der Waals surface area (Å²) in [7, 11) is 0. The van der Waals surface area contributed by atoms with Crippen LogP contribution in [0.25, 0.3) is 10.9 Å². The zero-order valence-electron chi connectivity index (χ0n) is 14.9. The van der Waals surface area contributed by atoms with E-state index in [4.69, 9.17) is 4.74 Å². The molecule has 2 aromatic heterocycles. The highest BCUT2D eigenvalue weighted by molar-refractivity contribution is 5.91. The average molecular weight is 377 g/mol. The molecule has 28 heavy (non-hydrogen) atoms. The Labute approximate surface area is 160 Å². The van der Waals surface area contributed by atoms with Gasteiger partial charge in [-0.3, -0.25) is 9.97 Å². The van der Waals surface area contributed by atoms with Crippen LogP contribution in [0.1, 0.15) is 11.3 Å². The molecule has 0 aliphatic heterocycles. The van der Waals surface area contributed by atoms with Crippen molar-refractivity contribution in [2.45, 2.75) is 13.2 Å². The monoisotopic (exact) mass is 377 g/mol. The quantitative estimate of drug-likeness (QED) is 0.508. The van der Waals surface area contributed by atoms with Crippen LogP contribution in [-0.2, 0) is 13.2 Å². The van der Waals surface area contributed by atoms with E-state index in [1.54, 1.807) is 12.3 Å². The Hall–Kier alpha value is -3.54. The maximum atomic E-state index is 14.2. The van der Waals surface area contributed by atoms with Gasteiger partial charge in [-0.25, -0.2) is 8.78 Å². The minimum absolute atomic E-state index is 0.0115. The van der Waals surface area contributed by atoms with Crippen molar-refractivity contribution in [3.8, 4) is 5.75 Å². The maximum Gasteiger partial charge on any atom is 0.149 e. The van der Waals surface area contributed by atoms with E-state index < -0.39 is 11.6 Å². The maximum absolute atomic E-state index is 14.2. The van der Waals surface area contributed by atoms with Crippen LogP contribution >= 0.6 is 0 Å². The van der Waals surface area contributed by atoms with Crippen molar-refractivity contribution >= 4 is 16.6 Å². The zero-order chi connectivity index (χ0) is 19.3. The zero-order valence-corrected chi connectivity index (χ0v) is 14.9. The van der Waals surface area contributed by atoms with Crippen LogP contribution < -0.4 is 10.1 Å². The van der Waals surface area contributed by atoms with Gasteiger partial charge in [-0.05, 0) is 48.0 Å². The minimum Gasteiger partial charge on any atom is -0.487 e. The lowest BCUT2D eigenvalue weighted by Gasteiger charge is -2.12. The van der Waals surface area contributed by atoms with Crippen LogP contribution in [0.5, 0.6) is 5.75 Å². The first-order valence-corrected chi connectivity index (χ1v) is 8.79. The lowest BCUT2D eigenvalue weighted by Crippen LogP contribution is -2.03. The standard InChI is InChI=1S/C22H17F2N3O/c23-18-7-8-19(24)22-21(18)20(9-11-26-22)27-13-15-4-3-6-17(12-15)28-14-16-5-1-2-10-25-16/h1-12H,13-14H2,(H,26,27). The van der Waals surface area contributed by atoms with Gasteiger partial charge in [0, 0.05) is 24.6 Å². The highest BCUT2D eigenvalue weighted by atomic mass is 19.1. The molecule has 6 heteroatoms. The Morgan fingerprint density at radius 1 is 0.857 bits per heavy atom. The molecule has 1 N–H and O–H groups in total. The molecular formula is C22H17F2N3O. The fourth-order valence-corrected chi connectivity index (χ4v) is 2.92. The topological polar surface area (TPSA) is 47.0 Å². The number of hydrogen-bond donors (Lipinski definition) is 1. The Kier molecular flexibility index (Phi) is 5.10. The van der Waals surface area contributed by atoms with E-state index in [9.17, 15) is 8.78 Å². The number of nitrogens with zero attached hydrogens (tertiary/aromatic N) is 2. The van der Waals surface area contributed by atoms with E-state index in [-0.39, 0.29) is 10.9 Å². The molecule has 4 aromatic rings. The van der Waals surface area contributed by atoms with Gasteiger partial charge in [-0.1, -0.05) is 18.2 Å². The summed E-state index contributed by atoms with van der Waals surface area (Å²) in [5.41, 5.74) is 2.28. The molecule has 2 aromatic carbocycles. The van der Waals surface area contributed by atoms with Gasteiger partial charge >= 0.3 is 0 Å². The van der Waals surface area contributed by atoms with E-state index in [0.29, 0.717) is 24.6 Å². The summed E-state index contributed by atoms with van der Waals surface area (Å²) in [5.74, 6) is -0.355. The summed E-state index contributed by atoms with van der Waals surface area (Å²) >= 11 is 0. The van der Waals surface area contributed by atoms with E-state index in [2.05, 4.69) is 15.3 Å². The molecule has 0 atom stereocenters. The number of fused-ring (bicyclic) bond motifs is 1. The van der Waals surface area contributed by atoms with Crippen LogP contribution in [0, 0.1) is 11.6 Å². The third-order valence-corrected chi connectivity index (χ3v) is 4.29. The molecule has 4 rings (SSSR count). The molecule has 0 spiro atoms. The minimum atomic E-state index is -0.551. The summed E-state index contributed by atoms with van der Waals surface area (Å²) in [6.07, 6.45) is 3.18. The SMILES string of the molecule is Fc1ccc(F)c2c(NCc3cccc(OCc4ccccn4)c3)ccnc12. The fourth-order valence-electron chi connectivity index (χ4n) is 2.92. The Balaban J connectivity index is 1.49. The number of nitrogens with one attached hydrogen (secondary N) is 1. The Morgan fingerprint density at radius 3 is 2.61 bits per heavy atom. The number of hydrogen-bond acceptors (Lipinski definition) is 4. The van der Waals surface area contributed by atoms with E-state index >= 15 is 0 Å². The molecule has 0 aliphatic rings. The van der Waals surface area contributed by atoms with Gasteiger partial charge in [-0.2, -0.15) is 0 Å². The van der Waals surface area contributed by atoms with Crippen molar-refractivity contribution in [2.24, 2.45) is 0 Å². The van der Waals surface area contributed by atoms with E-state index in [1.165, 1.54) is 6.20 Å². The van der Waals surface area contributed by atoms with Crippen LogP contribution in [0.2, 0.25) is 0 Å². The molecular weight excluding hydrogens is 360 g/mol. The smallest absolute Gasteiger partial charge is 0.149 e. The van der Waals surface area contributed by atoms with Crippen LogP contribution in [0.15, 0.2) is 73.1 Å². The predicted octanol–water partition coefficient (Wildman–Crippen LogP) is 5.10. The Bertz CT molecular complexity index is 1100. The summed E-state index contributed by atoms with van der Waals surface area (Å²) in [6.45, 7) is 0.799. The van der Waals surface area contributed by atoms with Gasteiger partial charge in [0.2, 0.25) is 0 Å². The van der Waals surface area contributed by atoms with Gasteiger partial charge in [0.1, 0.15) is 29.5 Å². The third kappa shape index (κ3) is 3.91. The number of benzene rings is 2. The van der Waals surface area contributed by atoms with Gasteiger partial charge in [0.25, 0.3) is 0 Å². The highest BCUT2D eigenvalue weighted by Crippen LogP contribution is 2.27. The van der Waals surface area contributed by atoms with Gasteiger partial charge < -0.3 is 10.1 Å². The number of aromatic nitrogens is 2. The average Bonchev–Trinajstić information content (AvgIpc) is 2.74. The lowest BCUT2D eigenvalue weighted by molar-refractivity contribution is 0.301. The third-order valence-electron chi connectivity index (χ3n) is 4.29. The van der Waals surface area contributed by atoms with Crippen LogP contribution in [0.4, 0.5) is 14.5 Å². The van der Waals surface area contributed by atoms with Crippen molar-refractivity contribution in [3.05, 3.63) is 95.9 Å². The van der Waals surface area contributed by atoms with E-state index in [0.717, 1.165) is 23.4 Å². The van der Waals surface area contributed by atoms with Crippen molar-refractivity contribution in [2.75, 3.05) is 5.32 Å². The molecule has 0 bridgehead atoms.